The van der Waals surface area contributed by atoms with Crippen LogP contribution in [0.4, 0.5) is 0 Å². The van der Waals surface area contributed by atoms with Gasteiger partial charge >= 0.3 is 5.97 Å². The lowest BCUT2D eigenvalue weighted by Crippen LogP contribution is -2.45. The number of esters is 1. The van der Waals surface area contributed by atoms with Gasteiger partial charge in [0.25, 0.3) is 0 Å². The first kappa shape index (κ1) is 64.1. The van der Waals surface area contributed by atoms with Crippen LogP contribution in [0.2, 0.25) is 0 Å². The van der Waals surface area contributed by atoms with Crippen LogP contribution >= 0.6 is 0 Å². The maximum Gasteiger partial charge on any atom is 0.305 e. The molecule has 388 valence electrons. The molecule has 0 bridgehead atoms. The number of rotatable bonds is 54. The molecule has 2 atom stereocenters. The molecule has 0 heterocycles. The molecule has 66 heavy (non-hydrogen) atoms. The average molecular weight is 929 g/mol. The van der Waals surface area contributed by atoms with Crippen LogP contribution < -0.4 is 5.32 Å². The maximum atomic E-state index is 12.4. The highest BCUT2D eigenvalue weighted by Crippen LogP contribution is 2.16. The van der Waals surface area contributed by atoms with Crippen molar-refractivity contribution in [2.75, 3.05) is 13.2 Å². The van der Waals surface area contributed by atoms with Gasteiger partial charge in [-0.15, -0.1) is 0 Å². The van der Waals surface area contributed by atoms with Crippen molar-refractivity contribution in [2.45, 2.75) is 321 Å². The standard InChI is InChI=1S/C60H113NO5/c1-3-5-7-9-11-13-15-33-36-40-44-48-52-58(63)57(56-62)61-59(64)53-49-45-41-37-34-30-28-26-24-22-20-18-16-17-19-21-23-25-27-29-31-35-39-43-47-51-55-66-60(65)54-50-46-42-38-32-14-12-10-8-6-4-2/h10,12,16,18,48,52,57-58,62-63H,3-9,11,13-15,17,19-47,49-51,53-56H2,1-2H3,(H,61,64)/b12-10-,18-16-,52-48+. The average Bonchev–Trinajstić information content (AvgIpc) is 3.32. The highest BCUT2D eigenvalue weighted by molar-refractivity contribution is 5.76. The summed E-state index contributed by atoms with van der Waals surface area (Å²) in [6.07, 6.45) is 68.9. The van der Waals surface area contributed by atoms with Crippen LogP contribution in [0.5, 0.6) is 0 Å². The first-order valence-electron chi connectivity index (χ1n) is 29.3. The molecule has 0 spiro atoms. The fraction of sp³-hybridized carbons (Fsp3) is 0.867. The molecule has 0 aromatic carbocycles. The summed E-state index contributed by atoms with van der Waals surface area (Å²) in [6, 6.07) is -0.628. The number of unbranched alkanes of at least 4 members (excludes halogenated alkanes) is 39. The lowest BCUT2D eigenvalue weighted by molar-refractivity contribution is -0.143. The molecule has 6 nitrogen and oxygen atoms in total. The predicted molar refractivity (Wildman–Crippen MR) is 287 cm³/mol. The molecule has 0 aromatic heterocycles. The second-order valence-corrected chi connectivity index (χ2v) is 20.0. The van der Waals surface area contributed by atoms with Crippen molar-refractivity contribution in [1.82, 2.24) is 5.32 Å². The molecular weight excluding hydrogens is 815 g/mol. The van der Waals surface area contributed by atoms with E-state index in [1.54, 1.807) is 6.08 Å². The van der Waals surface area contributed by atoms with E-state index in [0.29, 0.717) is 19.4 Å². The summed E-state index contributed by atoms with van der Waals surface area (Å²) in [5.74, 6) is -0.0681. The van der Waals surface area contributed by atoms with Gasteiger partial charge in [-0.25, -0.2) is 0 Å². The van der Waals surface area contributed by atoms with Crippen molar-refractivity contribution in [3.05, 3.63) is 36.5 Å². The van der Waals surface area contributed by atoms with Gasteiger partial charge in [0.15, 0.2) is 0 Å². The molecule has 0 fully saturated rings. The van der Waals surface area contributed by atoms with Crippen LogP contribution in [0.25, 0.3) is 0 Å². The molecule has 0 aliphatic heterocycles. The van der Waals surface area contributed by atoms with Gasteiger partial charge in [0.1, 0.15) is 0 Å². The lowest BCUT2D eigenvalue weighted by atomic mass is 10.0. The number of aliphatic hydroxyl groups is 2. The summed E-state index contributed by atoms with van der Waals surface area (Å²) in [4.78, 5) is 24.4. The van der Waals surface area contributed by atoms with Gasteiger partial charge in [-0.3, -0.25) is 9.59 Å². The van der Waals surface area contributed by atoms with Crippen LogP contribution in [0.15, 0.2) is 36.5 Å². The van der Waals surface area contributed by atoms with Gasteiger partial charge in [0.2, 0.25) is 5.91 Å². The number of allylic oxidation sites excluding steroid dienone is 5. The quantitative estimate of drug-likeness (QED) is 0.0321. The Hall–Kier alpha value is -1.92. The largest absolute Gasteiger partial charge is 0.466 e. The summed E-state index contributed by atoms with van der Waals surface area (Å²) in [5, 5.41) is 23.0. The maximum absolute atomic E-state index is 12.4. The summed E-state index contributed by atoms with van der Waals surface area (Å²) < 4.78 is 5.45. The van der Waals surface area contributed by atoms with E-state index in [1.807, 2.05) is 6.08 Å². The molecule has 6 heteroatoms. The third-order valence-electron chi connectivity index (χ3n) is 13.4. The first-order valence-corrected chi connectivity index (χ1v) is 29.3. The number of nitrogens with one attached hydrogen (secondary N) is 1. The van der Waals surface area contributed by atoms with Crippen LogP contribution in [0.1, 0.15) is 309 Å². The Morgan fingerprint density at radius 1 is 0.409 bits per heavy atom. The van der Waals surface area contributed by atoms with Crippen LogP contribution in [-0.2, 0) is 14.3 Å². The third-order valence-corrected chi connectivity index (χ3v) is 13.4. The third kappa shape index (κ3) is 51.5. The lowest BCUT2D eigenvalue weighted by Gasteiger charge is -2.20. The Kier molecular flexibility index (Phi) is 54.1. The minimum Gasteiger partial charge on any atom is -0.466 e. The zero-order valence-electron chi connectivity index (χ0n) is 44.2. The van der Waals surface area contributed by atoms with Gasteiger partial charge < -0.3 is 20.3 Å². The Morgan fingerprint density at radius 3 is 1.12 bits per heavy atom. The number of amides is 1. The van der Waals surface area contributed by atoms with E-state index in [1.165, 1.54) is 238 Å². The molecule has 0 saturated carbocycles. The molecular formula is C60H113NO5. The number of hydrogen-bond donors (Lipinski definition) is 3. The molecule has 0 saturated heterocycles. The van der Waals surface area contributed by atoms with Crippen molar-refractivity contribution in [1.29, 1.82) is 0 Å². The van der Waals surface area contributed by atoms with Crippen LogP contribution in [0, 0.1) is 0 Å². The Morgan fingerprint density at radius 2 is 0.727 bits per heavy atom. The van der Waals surface area contributed by atoms with Gasteiger partial charge in [-0.1, -0.05) is 256 Å². The van der Waals surface area contributed by atoms with Crippen molar-refractivity contribution in [3.8, 4) is 0 Å². The summed E-state index contributed by atoms with van der Waals surface area (Å²) in [7, 11) is 0. The molecule has 3 N–H and O–H groups in total. The van der Waals surface area contributed by atoms with Gasteiger partial charge in [0, 0.05) is 12.8 Å². The van der Waals surface area contributed by atoms with Crippen LogP contribution in [0.3, 0.4) is 0 Å². The molecule has 1 amide bonds. The SMILES string of the molecule is CCCC/C=C\CCCCCCCC(=O)OCCCCCCCCCCCCCC/C=C\CCCCCCCCCCCCC(=O)NC(CO)C(O)/C=C/CCCCCCCCCCCC. The van der Waals surface area contributed by atoms with Crippen molar-refractivity contribution in [3.63, 3.8) is 0 Å². The van der Waals surface area contributed by atoms with Gasteiger partial charge in [0.05, 0.1) is 25.4 Å². The minimum atomic E-state index is -0.844. The molecule has 0 aromatic rings. The predicted octanol–water partition coefficient (Wildman–Crippen LogP) is 18.0. The van der Waals surface area contributed by atoms with Crippen molar-refractivity contribution < 1.29 is 24.5 Å². The van der Waals surface area contributed by atoms with E-state index in [2.05, 4.69) is 43.5 Å². The number of hydrogen-bond acceptors (Lipinski definition) is 5. The topological polar surface area (TPSA) is 95.9 Å². The molecule has 0 radical (unpaired) electrons. The Labute approximate surface area is 411 Å². The van der Waals surface area contributed by atoms with Gasteiger partial charge in [-0.2, -0.15) is 0 Å². The van der Waals surface area contributed by atoms with E-state index < -0.39 is 12.1 Å². The second kappa shape index (κ2) is 55.7. The first-order chi connectivity index (χ1) is 32.5. The normalized spacial score (nSPS) is 12.8. The van der Waals surface area contributed by atoms with Crippen molar-refractivity contribution >= 4 is 11.9 Å². The second-order valence-electron chi connectivity index (χ2n) is 20.0. The van der Waals surface area contributed by atoms with E-state index in [9.17, 15) is 19.8 Å². The fourth-order valence-electron chi connectivity index (χ4n) is 8.84. The van der Waals surface area contributed by atoms with Crippen molar-refractivity contribution in [2.24, 2.45) is 0 Å². The molecule has 0 rings (SSSR count). The summed E-state index contributed by atoms with van der Waals surface area (Å²) in [6.45, 7) is 4.86. The number of carbonyl (C=O) groups is 2. The molecule has 0 aliphatic rings. The zero-order chi connectivity index (χ0) is 47.9. The number of ether oxygens (including phenoxy) is 1. The summed E-state index contributed by atoms with van der Waals surface area (Å²) in [5.41, 5.74) is 0. The highest BCUT2D eigenvalue weighted by Gasteiger charge is 2.18. The monoisotopic (exact) mass is 928 g/mol. The minimum absolute atomic E-state index is 0.00239. The van der Waals surface area contributed by atoms with E-state index in [4.69, 9.17) is 4.74 Å². The number of aliphatic hydroxyl groups excluding tert-OH is 2. The van der Waals surface area contributed by atoms with E-state index >= 15 is 0 Å². The highest BCUT2D eigenvalue weighted by atomic mass is 16.5. The molecule has 2 unspecified atom stereocenters. The summed E-state index contributed by atoms with van der Waals surface area (Å²) >= 11 is 0. The smallest absolute Gasteiger partial charge is 0.305 e. The fourth-order valence-corrected chi connectivity index (χ4v) is 8.84. The van der Waals surface area contributed by atoms with Crippen LogP contribution in [-0.4, -0.2) is 47.4 Å². The Balaban J connectivity index is 3.41. The number of carbonyl (C=O) groups excluding carboxylic acids is 2. The van der Waals surface area contributed by atoms with E-state index in [0.717, 1.165) is 44.9 Å². The van der Waals surface area contributed by atoms with Gasteiger partial charge in [-0.05, 0) is 77.0 Å². The van der Waals surface area contributed by atoms with E-state index in [-0.39, 0.29) is 18.5 Å². The molecule has 0 aliphatic carbocycles. The Bertz CT molecular complexity index is 1070. The zero-order valence-corrected chi connectivity index (χ0v) is 44.2.